The molecule has 28 heavy (non-hydrogen) atoms. The Morgan fingerprint density at radius 1 is 0.821 bits per heavy atom. The molecule has 0 aliphatic heterocycles. The van der Waals surface area contributed by atoms with Gasteiger partial charge < -0.3 is 9.30 Å². The molecule has 0 N–H and O–H groups in total. The van der Waals surface area contributed by atoms with Crippen molar-refractivity contribution < 1.29 is 4.74 Å². The average molecular weight is 367 g/mol. The maximum Gasteiger partial charge on any atom is 0.160 e. The number of hydrogen-bond donors (Lipinski definition) is 0. The first kappa shape index (κ1) is 16.8. The summed E-state index contributed by atoms with van der Waals surface area (Å²) >= 11 is 0. The number of ether oxygens (including phenoxy) is 1. The highest BCUT2D eigenvalue weighted by Gasteiger charge is 2.16. The Labute approximate surface area is 163 Å². The Morgan fingerprint density at radius 2 is 1.50 bits per heavy atom. The van der Waals surface area contributed by atoms with Gasteiger partial charge >= 0.3 is 0 Å². The van der Waals surface area contributed by atoms with Gasteiger partial charge in [-0.3, -0.25) is 0 Å². The third-order valence-corrected chi connectivity index (χ3v) is 4.92. The standard InChI is InChI=1S/C24H21N3O/c1-16(2)28-22-14-8-3-9-17(22)15-27-21-13-7-4-10-18(21)23-24(27)26-20-12-6-5-11-19(20)25-23/h3-14,16H,15H2,1-2H3. The summed E-state index contributed by atoms with van der Waals surface area (Å²) in [5.41, 5.74) is 5.93. The number of aromatic nitrogens is 3. The minimum Gasteiger partial charge on any atom is -0.491 e. The topological polar surface area (TPSA) is 39.9 Å². The predicted octanol–water partition coefficient (Wildman–Crippen LogP) is 5.57. The molecule has 0 fully saturated rings. The van der Waals surface area contributed by atoms with Gasteiger partial charge in [0.05, 0.1) is 29.2 Å². The second-order valence-corrected chi connectivity index (χ2v) is 7.26. The van der Waals surface area contributed by atoms with Gasteiger partial charge in [0.15, 0.2) is 5.65 Å². The molecule has 0 radical (unpaired) electrons. The minimum absolute atomic E-state index is 0.128. The highest BCUT2D eigenvalue weighted by atomic mass is 16.5. The van der Waals surface area contributed by atoms with Crippen molar-refractivity contribution in [1.29, 1.82) is 0 Å². The first-order valence-corrected chi connectivity index (χ1v) is 9.59. The summed E-state index contributed by atoms with van der Waals surface area (Å²) < 4.78 is 8.28. The molecule has 3 aromatic carbocycles. The van der Waals surface area contributed by atoms with Crippen LogP contribution in [0.4, 0.5) is 0 Å². The smallest absolute Gasteiger partial charge is 0.160 e. The summed E-state index contributed by atoms with van der Waals surface area (Å²) in [7, 11) is 0. The van der Waals surface area contributed by atoms with E-state index in [1.54, 1.807) is 0 Å². The number of benzene rings is 3. The molecular weight excluding hydrogens is 346 g/mol. The molecule has 2 aromatic heterocycles. The van der Waals surface area contributed by atoms with Gasteiger partial charge in [0.25, 0.3) is 0 Å². The first-order chi connectivity index (χ1) is 13.7. The third-order valence-electron chi connectivity index (χ3n) is 4.92. The van der Waals surface area contributed by atoms with Crippen LogP contribution in [-0.2, 0) is 6.54 Å². The molecule has 0 spiro atoms. The van der Waals surface area contributed by atoms with Crippen LogP contribution in [0.3, 0.4) is 0 Å². The van der Waals surface area contributed by atoms with Crippen LogP contribution in [0.5, 0.6) is 5.75 Å². The molecule has 5 aromatic rings. The average Bonchev–Trinajstić information content (AvgIpc) is 3.00. The molecule has 0 aliphatic carbocycles. The van der Waals surface area contributed by atoms with Gasteiger partial charge in [-0.1, -0.05) is 48.5 Å². The molecule has 5 rings (SSSR count). The van der Waals surface area contributed by atoms with Crippen LogP contribution < -0.4 is 4.74 Å². The second-order valence-electron chi connectivity index (χ2n) is 7.26. The van der Waals surface area contributed by atoms with Gasteiger partial charge in [-0.2, -0.15) is 0 Å². The second kappa shape index (κ2) is 6.64. The molecule has 0 saturated carbocycles. The van der Waals surface area contributed by atoms with Crippen LogP contribution in [0, 0.1) is 0 Å². The van der Waals surface area contributed by atoms with Crippen molar-refractivity contribution >= 4 is 33.1 Å². The maximum absolute atomic E-state index is 6.04. The van der Waals surface area contributed by atoms with Crippen LogP contribution in [0.25, 0.3) is 33.1 Å². The lowest BCUT2D eigenvalue weighted by molar-refractivity contribution is 0.239. The lowest BCUT2D eigenvalue weighted by atomic mass is 10.2. The van der Waals surface area contributed by atoms with Crippen molar-refractivity contribution in [3.63, 3.8) is 0 Å². The van der Waals surface area contributed by atoms with Crippen LogP contribution in [0.2, 0.25) is 0 Å². The molecule has 0 atom stereocenters. The molecule has 138 valence electrons. The van der Waals surface area contributed by atoms with Gasteiger partial charge in [-0.25, -0.2) is 9.97 Å². The minimum atomic E-state index is 0.128. The fourth-order valence-electron chi connectivity index (χ4n) is 3.72. The number of fused-ring (bicyclic) bond motifs is 4. The molecule has 2 heterocycles. The zero-order valence-corrected chi connectivity index (χ0v) is 16.0. The van der Waals surface area contributed by atoms with Crippen molar-refractivity contribution in [3.8, 4) is 5.75 Å². The summed E-state index contributed by atoms with van der Waals surface area (Å²) in [6.07, 6.45) is 0.128. The fraction of sp³-hybridized carbons (Fsp3) is 0.167. The van der Waals surface area contributed by atoms with E-state index in [0.717, 1.165) is 44.4 Å². The summed E-state index contributed by atoms with van der Waals surface area (Å²) in [6.45, 7) is 4.78. The van der Waals surface area contributed by atoms with E-state index in [9.17, 15) is 0 Å². The summed E-state index contributed by atoms with van der Waals surface area (Å²) in [5.74, 6) is 0.914. The van der Waals surface area contributed by atoms with E-state index in [-0.39, 0.29) is 6.10 Å². The normalized spacial score (nSPS) is 11.7. The fourth-order valence-corrected chi connectivity index (χ4v) is 3.72. The monoisotopic (exact) mass is 367 g/mol. The van der Waals surface area contributed by atoms with Crippen LogP contribution >= 0.6 is 0 Å². The predicted molar refractivity (Wildman–Crippen MR) is 114 cm³/mol. The summed E-state index contributed by atoms with van der Waals surface area (Å²) in [6, 6.07) is 24.6. The highest BCUT2D eigenvalue weighted by molar-refractivity contribution is 6.06. The Hall–Kier alpha value is -3.40. The molecule has 0 saturated heterocycles. The van der Waals surface area contributed by atoms with Gasteiger partial charge in [-0.15, -0.1) is 0 Å². The molecule has 0 unspecified atom stereocenters. The van der Waals surface area contributed by atoms with Crippen LogP contribution in [0.15, 0.2) is 72.8 Å². The molecule has 0 aliphatic rings. The zero-order valence-electron chi connectivity index (χ0n) is 16.0. The number of nitrogens with zero attached hydrogens (tertiary/aromatic N) is 3. The molecule has 4 heteroatoms. The van der Waals surface area contributed by atoms with E-state index in [0.29, 0.717) is 6.54 Å². The van der Waals surface area contributed by atoms with Crippen molar-refractivity contribution in [3.05, 3.63) is 78.4 Å². The van der Waals surface area contributed by atoms with E-state index >= 15 is 0 Å². The maximum atomic E-state index is 6.04. The van der Waals surface area contributed by atoms with Gasteiger partial charge in [0.2, 0.25) is 0 Å². The van der Waals surface area contributed by atoms with E-state index in [1.807, 2.05) is 36.4 Å². The Morgan fingerprint density at radius 3 is 2.32 bits per heavy atom. The molecular formula is C24H21N3O. The highest BCUT2D eigenvalue weighted by Crippen LogP contribution is 2.30. The Bertz CT molecular complexity index is 1300. The van der Waals surface area contributed by atoms with E-state index in [2.05, 4.69) is 54.8 Å². The quantitative estimate of drug-likeness (QED) is 0.417. The van der Waals surface area contributed by atoms with E-state index in [4.69, 9.17) is 14.7 Å². The van der Waals surface area contributed by atoms with Crippen LogP contribution in [-0.4, -0.2) is 20.6 Å². The van der Waals surface area contributed by atoms with Crippen molar-refractivity contribution in [1.82, 2.24) is 14.5 Å². The van der Waals surface area contributed by atoms with Crippen molar-refractivity contribution in [2.75, 3.05) is 0 Å². The molecule has 0 amide bonds. The summed E-state index contributed by atoms with van der Waals surface area (Å²) in [4.78, 5) is 9.89. The number of rotatable bonds is 4. The first-order valence-electron chi connectivity index (χ1n) is 9.59. The lowest BCUT2D eigenvalue weighted by Crippen LogP contribution is -2.09. The Balaban J connectivity index is 1.76. The third kappa shape index (κ3) is 2.78. The van der Waals surface area contributed by atoms with E-state index in [1.165, 1.54) is 0 Å². The van der Waals surface area contributed by atoms with Gasteiger partial charge in [-0.05, 0) is 38.1 Å². The Kier molecular flexibility index (Phi) is 3.97. The number of hydrogen-bond acceptors (Lipinski definition) is 3. The molecule has 0 bridgehead atoms. The lowest BCUT2D eigenvalue weighted by Gasteiger charge is -2.15. The number of para-hydroxylation sites is 4. The van der Waals surface area contributed by atoms with Crippen LogP contribution in [0.1, 0.15) is 19.4 Å². The summed E-state index contributed by atoms with van der Waals surface area (Å²) in [5, 5.41) is 1.12. The van der Waals surface area contributed by atoms with E-state index < -0.39 is 0 Å². The molecule has 4 nitrogen and oxygen atoms in total. The largest absolute Gasteiger partial charge is 0.491 e. The SMILES string of the molecule is CC(C)Oc1ccccc1Cn1c2ccccc2c2nc3ccccc3nc21. The van der Waals surface area contributed by atoms with Crippen molar-refractivity contribution in [2.24, 2.45) is 0 Å². The van der Waals surface area contributed by atoms with Gasteiger partial charge in [0, 0.05) is 10.9 Å². The zero-order chi connectivity index (χ0) is 19.1. The van der Waals surface area contributed by atoms with Crippen molar-refractivity contribution in [2.45, 2.75) is 26.5 Å². The van der Waals surface area contributed by atoms with Gasteiger partial charge in [0.1, 0.15) is 11.3 Å².